The number of Topliss-reactive ketones (excluding diaryl/α,β-unsaturated/α-hetero) is 1. The molecule has 1 aliphatic carbocycles. The van der Waals surface area contributed by atoms with Gasteiger partial charge in [0.25, 0.3) is 0 Å². The molecule has 2 rings (SSSR count). The van der Waals surface area contributed by atoms with Crippen LogP contribution in [0.2, 0.25) is 0 Å². The van der Waals surface area contributed by atoms with Crippen LogP contribution in [0.4, 0.5) is 0 Å². The Morgan fingerprint density at radius 3 is 1.20 bits per heavy atom. The van der Waals surface area contributed by atoms with Crippen molar-refractivity contribution in [3.05, 3.63) is 0 Å². The van der Waals surface area contributed by atoms with Gasteiger partial charge < -0.3 is 45.6 Å². The van der Waals surface area contributed by atoms with Crippen LogP contribution in [-0.4, -0.2) is 110 Å². The number of carboxylic acid groups (broad SMARTS) is 3. The molecule has 0 aromatic heterocycles. The molecule has 8 N–H and O–H groups in total. The monoisotopic (exact) mass is 727 g/mol. The van der Waals surface area contributed by atoms with Crippen LogP contribution in [0, 0.1) is 46.8 Å². The summed E-state index contributed by atoms with van der Waals surface area (Å²) < 4.78 is 4.86. The van der Waals surface area contributed by atoms with Crippen LogP contribution in [0.5, 0.6) is 0 Å². The zero-order chi connectivity index (χ0) is 40.2. The van der Waals surface area contributed by atoms with E-state index in [0.717, 1.165) is 25.9 Å². The summed E-state index contributed by atoms with van der Waals surface area (Å²) in [7, 11) is 0. The fourth-order valence-electron chi connectivity index (χ4n) is 4.02. The Bertz CT molecular complexity index is 794. The minimum Gasteiger partial charge on any atom is -0.481 e. The molecular weight excluding hydrogens is 652 g/mol. The molecule has 2 aliphatic rings. The first-order valence-corrected chi connectivity index (χ1v) is 18.1. The van der Waals surface area contributed by atoms with E-state index < -0.39 is 41.8 Å². The molecule has 1 saturated carbocycles. The lowest BCUT2D eigenvalue weighted by molar-refractivity contribution is -0.157. The van der Waals surface area contributed by atoms with Crippen molar-refractivity contribution in [2.45, 2.75) is 133 Å². The van der Waals surface area contributed by atoms with Crippen LogP contribution in [0.3, 0.4) is 0 Å². The van der Waals surface area contributed by atoms with E-state index in [-0.39, 0.29) is 36.9 Å². The Morgan fingerprint density at radius 1 is 0.720 bits per heavy atom. The minimum absolute atomic E-state index is 0.0742. The number of carbonyl (C=O) groups excluding carboxylic acids is 1. The maximum absolute atomic E-state index is 10.9. The third-order valence-electron chi connectivity index (χ3n) is 9.84. The number of ketones is 1. The first-order valence-electron chi connectivity index (χ1n) is 18.1. The lowest BCUT2D eigenvalue weighted by atomic mass is 9.69. The third kappa shape index (κ3) is 26.6. The van der Waals surface area contributed by atoms with Crippen LogP contribution in [-0.2, 0) is 23.9 Å². The maximum atomic E-state index is 10.9. The van der Waals surface area contributed by atoms with Gasteiger partial charge in [-0.05, 0) is 63.2 Å². The molecule has 1 heterocycles. The number of carboxylic acids is 3. The van der Waals surface area contributed by atoms with Gasteiger partial charge in [0.2, 0.25) is 0 Å². The fraction of sp³-hybridized carbons (Fsp3) is 0.892. The molecule has 0 amide bonds. The standard InChI is InChI=1S/C10H16O4.C7H12O3.C7H16O2.C5H12O.C4H10O2.C4H8O/c1-5-3-7(9(11)12)8(10(13)14)4-6(5)2;1-4(6(3)8)5(2)7(9)10;1-3-7(4-2,5-8)6-9;1-3-5(2)4-6;1-2-4(6)3-5;1-2-4-3-5-4/h5-8H,3-4H2,1-2H3,(H,11,12)(H,13,14);4-5H,1-3H3,(H,9,10);8-9H,3-6H2,1-2H3;5-6H,3-4H2,1-2H3;4-6H,2-3H2,1H3;4H,2-3H2,1H3. The molecule has 13 heteroatoms. The number of epoxide rings is 1. The second-order valence-corrected chi connectivity index (χ2v) is 13.7. The van der Waals surface area contributed by atoms with Crippen LogP contribution < -0.4 is 0 Å². The van der Waals surface area contributed by atoms with Gasteiger partial charge in [-0.3, -0.25) is 19.2 Å². The molecule has 300 valence electrons. The first kappa shape index (κ1) is 54.6. The summed E-state index contributed by atoms with van der Waals surface area (Å²) in [6.07, 6.45) is 5.68. The lowest BCUT2D eigenvalue weighted by Gasteiger charge is -2.34. The van der Waals surface area contributed by atoms with Crippen molar-refractivity contribution in [3.8, 4) is 0 Å². The Kier molecular flexibility index (Phi) is 34.5. The number of carbonyl (C=O) groups is 4. The van der Waals surface area contributed by atoms with Gasteiger partial charge in [-0.2, -0.15) is 0 Å². The second kappa shape index (κ2) is 31.6. The largest absolute Gasteiger partial charge is 0.481 e. The normalized spacial score (nSPS) is 22.8. The maximum Gasteiger partial charge on any atom is 0.307 e. The van der Waals surface area contributed by atoms with Crippen molar-refractivity contribution in [2.24, 2.45) is 46.8 Å². The minimum atomic E-state index is -0.976. The van der Waals surface area contributed by atoms with Gasteiger partial charge >= 0.3 is 17.9 Å². The molecule has 2 fully saturated rings. The molecule has 50 heavy (non-hydrogen) atoms. The van der Waals surface area contributed by atoms with Gasteiger partial charge in [0.05, 0.1) is 56.4 Å². The van der Waals surface area contributed by atoms with Crippen molar-refractivity contribution in [1.29, 1.82) is 0 Å². The Balaban J connectivity index is -0.000000264. The number of aliphatic hydroxyl groups is 5. The number of aliphatic hydroxyl groups excluding tert-OH is 5. The predicted molar refractivity (Wildman–Crippen MR) is 194 cm³/mol. The highest BCUT2D eigenvalue weighted by molar-refractivity contribution is 5.83. The highest BCUT2D eigenvalue weighted by Crippen LogP contribution is 2.38. The van der Waals surface area contributed by atoms with E-state index in [1.807, 2.05) is 41.5 Å². The Morgan fingerprint density at radius 2 is 1.12 bits per heavy atom. The van der Waals surface area contributed by atoms with Crippen molar-refractivity contribution >= 4 is 23.7 Å². The SMILES string of the molecule is CC(=O)C(C)C(C)C(=O)O.CC1CC(C(=O)O)C(C(=O)O)CC1C.CCC(C)CO.CCC(CC)(CO)CO.CCC(O)CO.CCC1CO1. The molecule has 1 aliphatic heterocycles. The van der Waals surface area contributed by atoms with Gasteiger partial charge in [-0.1, -0.05) is 75.7 Å². The summed E-state index contributed by atoms with van der Waals surface area (Å²) in [5, 5.41) is 68.7. The number of rotatable bonds is 14. The molecule has 9 unspecified atom stereocenters. The van der Waals surface area contributed by atoms with Crippen molar-refractivity contribution < 1.29 is 64.8 Å². The van der Waals surface area contributed by atoms with Gasteiger partial charge in [-0.25, -0.2) is 0 Å². The highest BCUT2D eigenvalue weighted by atomic mass is 16.6. The highest BCUT2D eigenvalue weighted by Gasteiger charge is 2.41. The van der Waals surface area contributed by atoms with Gasteiger partial charge in [-0.15, -0.1) is 0 Å². The topological polar surface area (TPSA) is 243 Å². The van der Waals surface area contributed by atoms with E-state index in [4.69, 9.17) is 45.6 Å². The molecule has 1 saturated heterocycles. The second-order valence-electron chi connectivity index (χ2n) is 13.7. The average molecular weight is 727 g/mol. The number of hydrogen-bond acceptors (Lipinski definition) is 10. The number of hydrogen-bond donors (Lipinski definition) is 8. The molecule has 0 bridgehead atoms. The average Bonchev–Trinajstić information content (AvgIpc) is 3.95. The smallest absolute Gasteiger partial charge is 0.307 e. The molecular formula is C37H74O13. The third-order valence-corrected chi connectivity index (χ3v) is 9.84. The molecule has 0 aromatic carbocycles. The van der Waals surface area contributed by atoms with Gasteiger partial charge in [0, 0.05) is 17.9 Å². The molecule has 13 nitrogen and oxygen atoms in total. The van der Waals surface area contributed by atoms with Crippen LogP contribution in [0.1, 0.15) is 121 Å². The summed E-state index contributed by atoms with van der Waals surface area (Å²) in [6.45, 7) is 22.0. The molecule has 0 spiro atoms. The summed E-state index contributed by atoms with van der Waals surface area (Å²) >= 11 is 0. The van der Waals surface area contributed by atoms with Crippen LogP contribution in [0.15, 0.2) is 0 Å². The van der Waals surface area contributed by atoms with E-state index in [9.17, 15) is 19.2 Å². The fourth-order valence-corrected chi connectivity index (χ4v) is 4.02. The predicted octanol–water partition coefficient (Wildman–Crippen LogP) is 4.73. The zero-order valence-corrected chi connectivity index (χ0v) is 32.8. The summed E-state index contributed by atoms with van der Waals surface area (Å²) in [4.78, 5) is 42.6. The van der Waals surface area contributed by atoms with E-state index >= 15 is 0 Å². The van der Waals surface area contributed by atoms with Crippen molar-refractivity contribution in [1.82, 2.24) is 0 Å². The Hall–Kier alpha value is -2.16. The van der Waals surface area contributed by atoms with Crippen LogP contribution >= 0.6 is 0 Å². The van der Waals surface area contributed by atoms with E-state index in [2.05, 4.69) is 13.8 Å². The molecule has 0 radical (unpaired) electrons. The van der Waals surface area contributed by atoms with E-state index in [0.29, 0.717) is 49.7 Å². The summed E-state index contributed by atoms with van der Waals surface area (Å²) in [6, 6.07) is 0. The number of ether oxygens (including phenoxy) is 1. The lowest BCUT2D eigenvalue weighted by Crippen LogP contribution is -2.38. The summed E-state index contributed by atoms with van der Waals surface area (Å²) in [5.41, 5.74) is -0.222. The molecule has 0 aromatic rings. The molecule has 9 atom stereocenters. The Labute approximate surface area is 301 Å². The van der Waals surface area contributed by atoms with Crippen LogP contribution in [0.25, 0.3) is 0 Å². The quantitative estimate of drug-likeness (QED) is 0.113. The van der Waals surface area contributed by atoms with Gasteiger partial charge in [0.15, 0.2) is 0 Å². The van der Waals surface area contributed by atoms with E-state index in [1.54, 1.807) is 6.92 Å². The zero-order valence-electron chi connectivity index (χ0n) is 32.8. The van der Waals surface area contributed by atoms with Gasteiger partial charge in [0.1, 0.15) is 5.78 Å². The first-order chi connectivity index (χ1) is 23.2. The van der Waals surface area contributed by atoms with E-state index in [1.165, 1.54) is 20.3 Å². The van der Waals surface area contributed by atoms with Crippen molar-refractivity contribution in [2.75, 3.05) is 33.0 Å². The number of aliphatic carboxylic acids is 3. The van der Waals surface area contributed by atoms with Crippen molar-refractivity contribution in [3.63, 3.8) is 0 Å². The summed E-state index contributed by atoms with van der Waals surface area (Å²) in [5.74, 6) is -4.22.